The molecule has 3 nitrogen and oxygen atoms in total. The van der Waals surface area contributed by atoms with Crippen molar-refractivity contribution in [2.45, 2.75) is 6.92 Å². The first kappa shape index (κ1) is 14.0. The second-order valence-electron chi connectivity index (χ2n) is 3.88. The van der Waals surface area contributed by atoms with E-state index in [1.165, 1.54) is 18.2 Å². The Morgan fingerprint density at radius 3 is 2.74 bits per heavy atom. The van der Waals surface area contributed by atoms with E-state index in [4.69, 9.17) is 11.6 Å². The van der Waals surface area contributed by atoms with E-state index < -0.39 is 11.7 Å². The number of anilines is 1. The summed E-state index contributed by atoms with van der Waals surface area (Å²) in [6.45, 7) is 1.73. The summed E-state index contributed by atoms with van der Waals surface area (Å²) >= 11 is 8.87. The van der Waals surface area contributed by atoms with Crippen LogP contribution >= 0.6 is 27.5 Å². The van der Waals surface area contributed by atoms with Gasteiger partial charge in [-0.3, -0.25) is 4.79 Å². The summed E-state index contributed by atoms with van der Waals surface area (Å²) < 4.78 is 13.7. The standard InChI is InChI=1S/C13H9BrClFN2O/c1-7-11(2-3-12(15)17-7)18-13(19)8-4-9(14)6-10(16)5-8/h2-6H,1H3,(H,18,19). The highest BCUT2D eigenvalue weighted by atomic mass is 79.9. The van der Waals surface area contributed by atoms with E-state index in [-0.39, 0.29) is 5.56 Å². The molecule has 0 atom stereocenters. The van der Waals surface area contributed by atoms with Crippen LogP contribution in [0.4, 0.5) is 10.1 Å². The predicted octanol–water partition coefficient (Wildman–Crippen LogP) is 4.20. The second-order valence-corrected chi connectivity index (χ2v) is 5.18. The number of aryl methyl sites for hydroxylation is 1. The minimum atomic E-state index is -0.481. The van der Waals surface area contributed by atoms with Crippen molar-refractivity contribution in [3.8, 4) is 0 Å². The first-order valence-corrected chi connectivity index (χ1v) is 6.53. The van der Waals surface area contributed by atoms with Crippen molar-refractivity contribution in [1.29, 1.82) is 0 Å². The molecule has 0 fully saturated rings. The number of amides is 1. The zero-order chi connectivity index (χ0) is 14.0. The molecule has 1 aromatic heterocycles. The van der Waals surface area contributed by atoms with Gasteiger partial charge in [0.2, 0.25) is 0 Å². The number of nitrogens with zero attached hydrogens (tertiary/aromatic N) is 1. The highest BCUT2D eigenvalue weighted by Crippen LogP contribution is 2.19. The Bertz CT molecular complexity index is 628. The lowest BCUT2D eigenvalue weighted by Crippen LogP contribution is -2.13. The van der Waals surface area contributed by atoms with Crippen LogP contribution in [0.2, 0.25) is 5.15 Å². The van der Waals surface area contributed by atoms with Crippen LogP contribution in [0, 0.1) is 12.7 Å². The van der Waals surface area contributed by atoms with Crippen LogP contribution in [0.15, 0.2) is 34.8 Å². The van der Waals surface area contributed by atoms with E-state index in [1.54, 1.807) is 19.1 Å². The van der Waals surface area contributed by atoms with E-state index in [2.05, 4.69) is 26.2 Å². The molecule has 19 heavy (non-hydrogen) atoms. The van der Waals surface area contributed by atoms with Crippen LogP contribution in [0.3, 0.4) is 0 Å². The average molecular weight is 344 g/mol. The molecule has 6 heteroatoms. The normalized spacial score (nSPS) is 10.3. The predicted molar refractivity (Wildman–Crippen MR) is 76.0 cm³/mol. The molecular weight excluding hydrogens is 335 g/mol. The molecule has 0 aliphatic carbocycles. The van der Waals surface area contributed by atoms with Crippen LogP contribution in [0.25, 0.3) is 0 Å². The molecule has 0 saturated heterocycles. The lowest BCUT2D eigenvalue weighted by Gasteiger charge is -2.08. The van der Waals surface area contributed by atoms with Gasteiger partial charge in [-0.2, -0.15) is 0 Å². The molecule has 1 heterocycles. The molecule has 0 radical (unpaired) electrons. The van der Waals surface area contributed by atoms with E-state index in [9.17, 15) is 9.18 Å². The largest absolute Gasteiger partial charge is 0.320 e. The molecule has 1 aromatic carbocycles. The van der Waals surface area contributed by atoms with Crippen LogP contribution in [-0.2, 0) is 0 Å². The lowest BCUT2D eigenvalue weighted by atomic mass is 10.2. The lowest BCUT2D eigenvalue weighted by molar-refractivity contribution is 0.102. The Morgan fingerprint density at radius 1 is 1.37 bits per heavy atom. The molecule has 2 aromatic rings. The van der Waals surface area contributed by atoms with Crippen molar-refractivity contribution < 1.29 is 9.18 Å². The molecule has 0 spiro atoms. The summed E-state index contributed by atoms with van der Waals surface area (Å²) in [5, 5.41) is 3.01. The third-order valence-electron chi connectivity index (χ3n) is 2.42. The van der Waals surface area contributed by atoms with Crippen molar-refractivity contribution in [3.63, 3.8) is 0 Å². The van der Waals surface area contributed by atoms with Gasteiger partial charge in [0.25, 0.3) is 5.91 Å². The van der Waals surface area contributed by atoms with Crippen molar-refractivity contribution in [3.05, 3.63) is 57.0 Å². The number of carbonyl (C=O) groups excluding carboxylic acids is 1. The zero-order valence-electron chi connectivity index (χ0n) is 9.88. The molecule has 0 aliphatic heterocycles. The maximum Gasteiger partial charge on any atom is 0.255 e. The van der Waals surface area contributed by atoms with Gasteiger partial charge in [0.15, 0.2) is 0 Å². The molecule has 98 valence electrons. The monoisotopic (exact) mass is 342 g/mol. The third-order valence-corrected chi connectivity index (χ3v) is 3.09. The number of aromatic nitrogens is 1. The number of carbonyl (C=O) groups is 1. The molecule has 1 N–H and O–H groups in total. The van der Waals surface area contributed by atoms with Crippen LogP contribution in [-0.4, -0.2) is 10.9 Å². The Hall–Kier alpha value is -1.46. The van der Waals surface area contributed by atoms with Gasteiger partial charge in [-0.15, -0.1) is 0 Å². The fourth-order valence-electron chi connectivity index (χ4n) is 1.54. The van der Waals surface area contributed by atoms with Crippen LogP contribution in [0.5, 0.6) is 0 Å². The summed E-state index contributed by atoms with van der Waals surface area (Å²) in [5.74, 6) is -0.891. The first-order chi connectivity index (χ1) is 8.95. The van der Waals surface area contributed by atoms with Crippen LogP contribution in [0.1, 0.15) is 16.1 Å². The maximum absolute atomic E-state index is 13.2. The van der Waals surface area contributed by atoms with Gasteiger partial charge in [-0.1, -0.05) is 27.5 Å². The van der Waals surface area contributed by atoms with Crippen molar-refractivity contribution >= 4 is 39.1 Å². The molecule has 1 amide bonds. The van der Waals surface area contributed by atoms with Gasteiger partial charge in [0.1, 0.15) is 11.0 Å². The number of hydrogen-bond acceptors (Lipinski definition) is 2. The minimum absolute atomic E-state index is 0.223. The SMILES string of the molecule is Cc1nc(Cl)ccc1NC(=O)c1cc(F)cc(Br)c1. The van der Waals surface area contributed by atoms with Crippen molar-refractivity contribution in [2.75, 3.05) is 5.32 Å². The second kappa shape index (κ2) is 5.67. The van der Waals surface area contributed by atoms with E-state index in [0.717, 1.165) is 0 Å². The van der Waals surface area contributed by atoms with E-state index >= 15 is 0 Å². The van der Waals surface area contributed by atoms with Gasteiger partial charge >= 0.3 is 0 Å². The molecule has 0 unspecified atom stereocenters. The van der Waals surface area contributed by atoms with E-state index in [0.29, 0.717) is 21.0 Å². The summed E-state index contributed by atoms with van der Waals surface area (Å²) in [7, 11) is 0. The molecule has 0 bridgehead atoms. The number of benzene rings is 1. The van der Waals surface area contributed by atoms with Gasteiger partial charge in [-0.05, 0) is 37.3 Å². The summed E-state index contributed by atoms with van der Waals surface area (Å²) in [4.78, 5) is 16.0. The molecule has 2 rings (SSSR count). The quantitative estimate of drug-likeness (QED) is 0.831. The topological polar surface area (TPSA) is 42.0 Å². The highest BCUT2D eigenvalue weighted by molar-refractivity contribution is 9.10. The summed E-state index contributed by atoms with van der Waals surface area (Å²) in [6.07, 6.45) is 0. The number of nitrogens with one attached hydrogen (secondary N) is 1. The number of rotatable bonds is 2. The Kier molecular flexibility index (Phi) is 4.17. The molecular formula is C13H9BrClFN2O. The Balaban J connectivity index is 2.25. The van der Waals surface area contributed by atoms with Crippen molar-refractivity contribution in [2.24, 2.45) is 0 Å². The van der Waals surface area contributed by atoms with Gasteiger partial charge in [-0.25, -0.2) is 9.37 Å². The average Bonchev–Trinajstić information content (AvgIpc) is 2.31. The minimum Gasteiger partial charge on any atom is -0.320 e. The van der Waals surface area contributed by atoms with Crippen molar-refractivity contribution in [1.82, 2.24) is 4.98 Å². The molecule has 0 aliphatic rings. The fraction of sp³-hybridized carbons (Fsp3) is 0.0769. The highest BCUT2D eigenvalue weighted by Gasteiger charge is 2.10. The van der Waals surface area contributed by atoms with Gasteiger partial charge in [0, 0.05) is 10.0 Å². The number of halogens is 3. The fourth-order valence-corrected chi connectivity index (χ4v) is 2.20. The summed E-state index contributed by atoms with van der Waals surface area (Å²) in [5.41, 5.74) is 1.35. The Labute approximate surface area is 122 Å². The smallest absolute Gasteiger partial charge is 0.255 e. The van der Waals surface area contributed by atoms with Gasteiger partial charge < -0.3 is 5.32 Å². The van der Waals surface area contributed by atoms with Gasteiger partial charge in [0.05, 0.1) is 11.4 Å². The Morgan fingerprint density at radius 2 is 2.11 bits per heavy atom. The van der Waals surface area contributed by atoms with E-state index in [1.807, 2.05) is 0 Å². The third kappa shape index (κ3) is 3.52. The molecule has 0 saturated carbocycles. The zero-order valence-corrected chi connectivity index (χ0v) is 12.2. The number of hydrogen-bond donors (Lipinski definition) is 1. The maximum atomic E-state index is 13.2. The number of pyridine rings is 1. The first-order valence-electron chi connectivity index (χ1n) is 5.36. The van der Waals surface area contributed by atoms with Crippen LogP contribution < -0.4 is 5.32 Å². The summed E-state index contributed by atoms with van der Waals surface area (Å²) in [6, 6.07) is 7.21.